The number of nitrogens with one attached hydrogen (secondary N) is 1. The van der Waals surface area contributed by atoms with Crippen LogP contribution >= 0.6 is 0 Å². The highest BCUT2D eigenvalue weighted by Gasteiger charge is 2.34. The number of amides is 2. The fourth-order valence-electron chi connectivity index (χ4n) is 3.82. The first-order valence-electron chi connectivity index (χ1n) is 11.7. The first-order valence-corrected chi connectivity index (χ1v) is 13.1. The quantitative estimate of drug-likeness (QED) is 0.416. The predicted octanol–water partition coefficient (Wildman–Crippen LogP) is 2.82. The van der Waals surface area contributed by atoms with E-state index in [0.29, 0.717) is 0 Å². The minimum atomic E-state index is -4.12. The number of rotatable bonds is 11. The molecule has 196 valence electrons. The summed E-state index contributed by atoms with van der Waals surface area (Å²) < 4.78 is 41.9. The van der Waals surface area contributed by atoms with E-state index in [1.165, 1.54) is 38.2 Å². The van der Waals surface area contributed by atoms with E-state index in [-0.39, 0.29) is 24.6 Å². The Bertz CT molecular complexity index is 1290. The molecular formula is C27H31FN4O4S. The molecule has 37 heavy (non-hydrogen) atoms. The summed E-state index contributed by atoms with van der Waals surface area (Å²) in [4.78, 5) is 28.3. The molecule has 0 unspecified atom stereocenters. The van der Waals surface area contributed by atoms with Crippen molar-refractivity contribution in [2.75, 3.05) is 32.0 Å². The zero-order valence-corrected chi connectivity index (χ0v) is 21.9. The van der Waals surface area contributed by atoms with Gasteiger partial charge in [-0.2, -0.15) is 12.7 Å². The van der Waals surface area contributed by atoms with Crippen LogP contribution in [0, 0.1) is 5.82 Å². The smallest absolute Gasteiger partial charge is 0.304 e. The summed E-state index contributed by atoms with van der Waals surface area (Å²) in [5, 5.41) is 2.63. The third-order valence-corrected chi connectivity index (χ3v) is 7.67. The molecule has 8 nitrogen and oxygen atoms in total. The van der Waals surface area contributed by atoms with Gasteiger partial charge in [-0.1, -0.05) is 60.7 Å². The number of nitrogens with zero attached hydrogens (tertiary/aromatic N) is 3. The van der Waals surface area contributed by atoms with E-state index in [1.807, 2.05) is 60.7 Å². The van der Waals surface area contributed by atoms with E-state index >= 15 is 0 Å². The van der Waals surface area contributed by atoms with E-state index < -0.39 is 34.5 Å². The van der Waals surface area contributed by atoms with Crippen molar-refractivity contribution in [2.45, 2.75) is 19.0 Å². The molecule has 0 saturated carbocycles. The van der Waals surface area contributed by atoms with Crippen LogP contribution in [0.3, 0.4) is 0 Å². The van der Waals surface area contributed by atoms with E-state index in [9.17, 15) is 22.4 Å². The van der Waals surface area contributed by atoms with E-state index in [1.54, 1.807) is 0 Å². The highest BCUT2D eigenvalue weighted by atomic mass is 32.2. The lowest BCUT2D eigenvalue weighted by Gasteiger charge is -2.34. The van der Waals surface area contributed by atoms with Gasteiger partial charge in [0.2, 0.25) is 11.8 Å². The summed E-state index contributed by atoms with van der Waals surface area (Å²) in [5.74, 6) is -1.49. The van der Waals surface area contributed by atoms with Crippen molar-refractivity contribution in [3.05, 3.63) is 102 Å². The van der Waals surface area contributed by atoms with E-state index in [0.717, 1.165) is 31.9 Å². The molecule has 1 atom stereocenters. The Hall–Kier alpha value is -3.76. The molecule has 3 aromatic carbocycles. The average molecular weight is 527 g/mol. The summed E-state index contributed by atoms with van der Waals surface area (Å²) in [7, 11) is 0.0684. The summed E-state index contributed by atoms with van der Waals surface area (Å²) in [6.07, 6.45) is 0.232. The number of hydrogen-bond acceptors (Lipinski definition) is 4. The van der Waals surface area contributed by atoms with Gasteiger partial charge in [0.1, 0.15) is 18.4 Å². The SMILES string of the molecule is CNC(=O)[C@H](Cc1ccccc1)N(Cc1ccccc1)C(=O)CN(c1ccc(F)cc1)S(=O)(=O)N(C)C. The number of carbonyl (C=O) groups excluding carboxylic acids is 2. The lowest BCUT2D eigenvalue weighted by molar-refractivity contribution is -0.139. The fourth-order valence-corrected chi connectivity index (χ4v) is 4.88. The van der Waals surface area contributed by atoms with Crippen molar-refractivity contribution in [1.29, 1.82) is 0 Å². The van der Waals surface area contributed by atoms with Gasteiger partial charge in [-0.3, -0.25) is 9.59 Å². The van der Waals surface area contributed by atoms with Crippen molar-refractivity contribution in [3.8, 4) is 0 Å². The molecular weight excluding hydrogens is 495 g/mol. The fraction of sp³-hybridized carbons (Fsp3) is 0.259. The van der Waals surface area contributed by atoms with Gasteiger partial charge in [0, 0.05) is 34.1 Å². The molecule has 1 N–H and O–H groups in total. The van der Waals surface area contributed by atoms with Gasteiger partial charge in [-0.25, -0.2) is 8.70 Å². The first-order chi connectivity index (χ1) is 17.6. The molecule has 0 saturated heterocycles. The highest BCUT2D eigenvalue weighted by molar-refractivity contribution is 7.90. The van der Waals surface area contributed by atoms with Crippen LogP contribution < -0.4 is 9.62 Å². The highest BCUT2D eigenvalue weighted by Crippen LogP contribution is 2.22. The Morgan fingerprint density at radius 2 is 1.41 bits per heavy atom. The molecule has 0 aliphatic rings. The van der Waals surface area contributed by atoms with Crippen molar-refractivity contribution >= 4 is 27.7 Å². The van der Waals surface area contributed by atoms with Crippen LogP contribution in [0.25, 0.3) is 0 Å². The Morgan fingerprint density at radius 1 is 0.865 bits per heavy atom. The van der Waals surface area contributed by atoms with Gasteiger partial charge in [-0.15, -0.1) is 0 Å². The minimum Gasteiger partial charge on any atom is -0.357 e. The number of hydrogen-bond donors (Lipinski definition) is 1. The number of anilines is 1. The lowest BCUT2D eigenvalue weighted by Crippen LogP contribution is -2.53. The Balaban J connectivity index is 2.04. The third kappa shape index (κ3) is 7.14. The molecule has 0 fully saturated rings. The van der Waals surface area contributed by atoms with Gasteiger partial charge in [0.25, 0.3) is 0 Å². The molecule has 0 spiro atoms. The zero-order chi connectivity index (χ0) is 27.0. The molecule has 0 aliphatic heterocycles. The van der Waals surface area contributed by atoms with Gasteiger partial charge in [0.15, 0.2) is 0 Å². The van der Waals surface area contributed by atoms with Gasteiger partial charge < -0.3 is 10.2 Å². The molecule has 0 aliphatic carbocycles. The van der Waals surface area contributed by atoms with E-state index in [2.05, 4.69) is 5.32 Å². The standard InChI is InChI=1S/C27H31FN4O4S/c1-29-27(34)25(18-21-10-6-4-7-11-21)31(19-22-12-8-5-9-13-22)26(33)20-32(37(35,36)30(2)3)24-16-14-23(28)15-17-24/h4-17,25H,18-20H2,1-3H3,(H,29,34)/t25-/m0/s1. The monoisotopic (exact) mass is 526 g/mol. The van der Waals surface area contributed by atoms with Crippen LogP contribution in [0.1, 0.15) is 11.1 Å². The number of halogens is 1. The van der Waals surface area contributed by atoms with Crippen LogP contribution in [0.15, 0.2) is 84.9 Å². The second-order valence-electron chi connectivity index (χ2n) is 8.60. The van der Waals surface area contributed by atoms with Crippen molar-refractivity contribution < 1.29 is 22.4 Å². The Labute approximate surface area is 217 Å². The average Bonchev–Trinajstić information content (AvgIpc) is 2.90. The summed E-state index contributed by atoms with van der Waals surface area (Å²) in [6.45, 7) is -0.495. The lowest BCUT2D eigenvalue weighted by atomic mass is 10.0. The number of likely N-dealkylation sites (N-methyl/N-ethyl adjacent to an activating group) is 1. The predicted molar refractivity (Wildman–Crippen MR) is 141 cm³/mol. The van der Waals surface area contributed by atoms with E-state index in [4.69, 9.17) is 0 Å². The molecule has 0 radical (unpaired) electrons. The molecule has 2 amide bonds. The Morgan fingerprint density at radius 3 is 1.92 bits per heavy atom. The first kappa shape index (κ1) is 27.8. The third-order valence-electron chi connectivity index (χ3n) is 5.85. The summed E-state index contributed by atoms with van der Waals surface area (Å²) in [6, 6.07) is 22.4. The number of benzene rings is 3. The zero-order valence-electron chi connectivity index (χ0n) is 21.0. The maximum Gasteiger partial charge on any atom is 0.304 e. The molecule has 0 aromatic heterocycles. The second-order valence-corrected chi connectivity index (χ2v) is 10.7. The van der Waals surface area contributed by atoms with Gasteiger partial charge in [-0.05, 0) is 35.4 Å². The molecule has 0 heterocycles. The van der Waals surface area contributed by atoms with Crippen LogP contribution in [0.5, 0.6) is 0 Å². The molecule has 3 aromatic rings. The number of carbonyl (C=O) groups is 2. The minimum absolute atomic E-state index is 0.0872. The normalized spacial score (nSPS) is 12.1. The molecule has 0 bridgehead atoms. The van der Waals surface area contributed by atoms with Crippen molar-refractivity contribution in [3.63, 3.8) is 0 Å². The molecule has 10 heteroatoms. The largest absolute Gasteiger partial charge is 0.357 e. The van der Waals surface area contributed by atoms with Crippen molar-refractivity contribution in [2.24, 2.45) is 0 Å². The van der Waals surface area contributed by atoms with Gasteiger partial charge >= 0.3 is 10.2 Å². The van der Waals surface area contributed by atoms with Crippen molar-refractivity contribution in [1.82, 2.24) is 14.5 Å². The Kier molecular flexibility index (Phi) is 9.37. The van der Waals surface area contributed by atoms with Crippen LogP contribution in [-0.4, -0.2) is 63.2 Å². The topological polar surface area (TPSA) is 90.0 Å². The van der Waals surface area contributed by atoms with Gasteiger partial charge in [0.05, 0.1) is 5.69 Å². The van der Waals surface area contributed by atoms with Crippen LogP contribution in [0.4, 0.5) is 10.1 Å². The molecule has 3 rings (SSSR count). The maximum atomic E-state index is 13.9. The second kappa shape index (κ2) is 12.5. The summed E-state index contributed by atoms with van der Waals surface area (Å²) in [5.41, 5.74) is 1.75. The summed E-state index contributed by atoms with van der Waals surface area (Å²) >= 11 is 0. The van der Waals surface area contributed by atoms with Crippen LogP contribution in [0.2, 0.25) is 0 Å². The van der Waals surface area contributed by atoms with Crippen LogP contribution in [-0.2, 0) is 32.8 Å². The maximum absolute atomic E-state index is 13.9.